The van der Waals surface area contributed by atoms with Gasteiger partial charge in [-0.05, 0) is 140 Å². The van der Waals surface area contributed by atoms with Crippen molar-refractivity contribution in [3.05, 3.63) is 86.1 Å². The SMILES string of the molecule is CCCCCCc1cc(-c2cccs2)sc1-c1cc(CCCCCC)c(-c2cc(CCCCCC)c(-c3cc(CCCCCC)c(-c4sc(C=C5C(=O)NC(=O)NC5=O)cc4CCCCCC)s3)s2)s1. The first kappa shape index (κ1) is 54.3. The summed E-state index contributed by atoms with van der Waals surface area (Å²) in [6.45, 7) is 11.4. The molecule has 0 saturated carbocycles. The van der Waals surface area contributed by atoms with E-state index in [1.165, 1.54) is 192 Å². The highest BCUT2D eigenvalue weighted by molar-refractivity contribution is 7.30. The van der Waals surface area contributed by atoms with E-state index in [4.69, 9.17) is 0 Å². The molecule has 4 amide bonds. The van der Waals surface area contributed by atoms with E-state index in [2.05, 4.69) is 93.1 Å². The van der Waals surface area contributed by atoms with Gasteiger partial charge in [-0.15, -0.1) is 68.0 Å². The van der Waals surface area contributed by atoms with Crippen LogP contribution in [0.15, 0.2) is 53.4 Å². The molecule has 7 heterocycles. The molecule has 7 rings (SSSR count). The van der Waals surface area contributed by atoms with Crippen molar-refractivity contribution in [3.63, 3.8) is 0 Å². The average molecular weight is 1050 g/mol. The number of thiophene rings is 6. The molecule has 0 bridgehead atoms. The van der Waals surface area contributed by atoms with Gasteiger partial charge in [0.2, 0.25) is 0 Å². The molecule has 6 aromatic rings. The van der Waals surface area contributed by atoms with E-state index in [-0.39, 0.29) is 5.57 Å². The fraction of sp³-hybridized carbons (Fsp3) is 0.508. The number of rotatable bonds is 31. The van der Waals surface area contributed by atoms with E-state index in [1.54, 1.807) is 17.4 Å². The van der Waals surface area contributed by atoms with E-state index < -0.39 is 17.8 Å². The molecule has 6 aromatic heterocycles. The molecular weight excluding hydrogens is 977 g/mol. The largest absolute Gasteiger partial charge is 0.328 e. The Labute approximate surface area is 443 Å². The lowest BCUT2D eigenvalue weighted by atomic mass is 10.0. The predicted molar refractivity (Wildman–Crippen MR) is 310 cm³/mol. The first-order valence-electron chi connectivity index (χ1n) is 26.8. The number of barbiturate groups is 1. The van der Waals surface area contributed by atoms with Crippen LogP contribution in [0.3, 0.4) is 0 Å². The molecule has 1 aliphatic rings. The van der Waals surface area contributed by atoms with Gasteiger partial charge in [0.05, 0.1) is 0 Å². The molecule has 0 spiro atoms. The molecule has 70 heavy (non-hydrogen) atoms. The van der Waals surface area contributed by atoms with Gasteiger partial charge >= 0.3 is 6.03 Å². The number of nitrogens with one attached hydrogen (secondary N) is 2. The summed E-state index contributed by atoms with van der Waals surface area (Å²) in [6, 6.07) is 16.1. The summed E-state index contributed by atoms with van der Waals surface area (Å²) in [5.74, 6) is -1.29. The molecule has 1 saturated heterocycles. The monoisotopic (exact) mass is 1050 g/mol. The van der Waals surface area contributed by atoms with Gasteiger partial charge in [-0.3, -0.25) is 20.2 Å². The minimum absolute atomic E-state index is 0.0258. The zero-order valence-electron chi connectivity index (χ0n) is 42.5. The summed E-state index contributed by atoms with van der Waals surface area (Å²) in [4.78, 5) is 52.6. The van der Waals surface area contributed by atoms with Gasteiger partial charge in [-0.25, -0.2) is 4.79 Å². The Morgan fingerprint density at radius 2 is 0.757 bits per heavy atom. The summed E-state index contributed by atoms with van der Waals surface area (Å²) < 4.78 is 0. The van der Waals surface area contributed by atoms with E-state index in [0.717, 1.165) is 49.8 Å². The fourth-order valence-electron chi connectivity index (χ4n) is 9.51. The second kappa shape index (κ2) is 28.1. The molecule has 0 aliphatic carbocycles. The summed E-state index contributed by atoms with van der Waals surface area (Å²) in [5, 5.41) is 6.74. The third-order valence-electron chi connectivity index (χ3n) is 13.4. The first-order valence-corrected chi connectivity index (χ1v) is 31.8. The first-order chi connectivity index (χ1) is 34.2. The van der Waals surface area contributed by atoms with Crippen molar-refractivity contribution in [2.75, 3.05) is 0 Å². The Hall–Kier alpha value is -3.45. The van der Waals surface area contributed by atoms with Gasteiger partial charge in [0.25, 0.3) is 11.8 Å². The minimum Gasteiger partial charge on any atom is -0.273 e. The molecule has 1 fully saturated rings. The maximum absolute atomic E-state index is 12.9. The molecule has 376 valence electrons. The quantitative estimate of drug-likeness (QED) is 0.0259. The van der Waals surface area contributed by atoms with Crippen LogP contribution in [0.4, 0.5) is 4.79 Å². The van der Waals surface area contributed by atoms with Gasteiger partial charge in [-0.1, -0.05) is 137 Å². The van der Waals surface area contributed by atoms with Gasteiger partial charge < -0.3 is 0 Å². The van der Waals surface area contributed by atoms with Crippen LogP contribution in [-0.2, 0) is 41.7 Å². The number of hydrogen-bond acceptors (Lipinski definition) is 9. The smallest absolute Gasteiger partial charge is 0.273 e. The zero-order valence-corrected chi connectivity index (χ0v) is 47.4. The third kappa shape index (κ3) is 14.6. The Morgan fingerprint density at radius 1 is 0.400 bits per heavy atom. The third-order valence-corrected chi connectivity index (χ3v) is 21.0. The number of carbonyl (C=O) groups is 3. The topological polar surface area (TPSA) is 75.3 Å². The van der Waals surface area contributed by atoms with Crippen molar-refractivity contribution in [1.82, 2.24) is 10.6 Å². The molecule has 5 nitrogen and oxygen atoms in total. The van der Waals surface area contributed by atoms with Crippen LogP contribution in [-0.4, -0.2) is 17.8 Å². The Balaban J connectivity index is 1.33. The standard InChI is InChI=1S/C59H76N2O3S6/c1-6-11-16-21-27-40-34-45(39-46-57(62)60-59(64)61-58(46)63)66-55(40)56-44(31-25-20-15-10-5)38-51(70-56)54-43(30-24-19-14-9-4)37-50(69-54)53-42(29-23-18-13-8-3)36-49(68-53)52-41(28-22-17-12-7-2)35-48(67-52)47-32-26-33-65-47/h26,32-39H,6-25,27-31H2,1-5H3,(H2,60,61,62,63,64). The van der Waals surface area contributed by atoms with E-state index >= 15 is 0 Å². The highest BCUT2D eigenvalue weighted by Crippen LogP contribution is 2.52. The summed E-state index contributed by atoms with van der Waals surface area (Å²) in [5.41, 5.74) is 7.20. The van der Waals surface area contributed by atoms with Crippen LogP contribution >= 0.6 is 68.0 Å². The Kier molecular flexibility index (Phi) is 21.8. The number of urea groups is 1. The summed E-state index contributed by atoms with van der Waals surface area (Å²) in [7, 11) is 0. The molecule has 11 heteroatoms. The van der Waals surface area contributed by atoms with E-state index in [0.29, 0.717) is 0 Å². The van der Waals surface area contributed by atoms with Crippen LogP contribution in [0.2, 0.25) is 0 Å². The van der Waals surface area contributed by atoms with E-state index in [9.17, 15) is 14.4 Å². The van der Waals surface area contributed by atoms with Crippen molar-refractivity contribution in [3.8, 4) is 48.8 Å². The van der Waals surface area contributed by atoms with Crippen molar-refractivity contribution >= 4 is 91.9 Å². The van der Waals surface area contributed by atoms with Crippen molar-refractivity contribution in [1.29, 1.82) is 0 Å². The number of hydrogen-bond donors (Lipinski definition) is 2. The Morgan fingerprint density at radius 3 is 1.16 bits per heavy atom. The Bertz CT molecular complexity index is 2610. The number of imide groups is 2. The van der Waals surface area contributed by atoms with Crippen molar-refractivity contribution in [2.45, 2.75) is 195 Å². The number of unbranched alkanes of at least 4 members (excludes halogenated alkanes) is 15. The second-order valence-electron chi connectivity index (χ2n) is 19.2. The number of aryl methyl sites for hydroxylation is 5. The molecule has 0 unspecified atom stereocenters. The van der Waals surface area contributed by atoms with Crippen LogP contribution in [0.5, 0.6) is 0 Å². The van der Waals surface area contributed by atoms with Gasteiger partial charge in [0.15, 0.2) is 0 Å². The van der Waals surface area contributed by atoms with Gasteiger partial charge in [0.1, 0.15) is 5.57 Å². The lowest BCUT2D eigenvalue weighted by molar-refractivity contribution is -0.123. The maximum Gasteiger partial charge on any atom is 0.328 e. The fourth-order valence-corrected chi connectivity index (χ4v) is 16.9. The zero-order chi connectivity index (χ0) is 49.2. The normalized spacial score (nSPS) is 12.9. The van der Waals surface area contributed by atoms with Crippen LogP contribution < -0.4 is 10.6 Å². The summed E-state index contributed by atoms with van der Waals surface area (Å²) in [6.07, 6.45) is 31.4. The molecule has 2 N–H and O–H groups in total. The minimum atomic E-state index is -0.771. The summed E-state index contributed by atoms with van der Waals surface area (Å²) >= 11 is 11.6. The highest BCUT2D eigenvalue weighted by Gasteiger charge is 2.29. The molecule has 0 atom stereocenters. The molecule has 0 radical (unpaired) electrons. The molecule has 1 aliphatic heterocycles. The van der Waals surface area contributed by atoms with Crippen LogP contribution in [0.1, 0.15) is 196 Å². The van der Waals surface area contributed by atoms with Gasteiger partial charge in [0, 0.05) is 53.6 Å². The average Bonchev–Trinajstić information content (AvgIpc) is 4.22. The van der Waals surface area contributed by atoms with Crippen LogP contribution in [0.25, 0.3) is 54.8 Å². The lowest BCUT2D eigenvalue weighted by Crippen LogP contribution is -2.51. The number of carbonyl (C=O) groups excluding carboxylic acids is 3. The van der Waals surface area contributed by atoms with Gasteiger partial charge in [-0.2, -0.15) is 0 Å². The maximum atomic E-state index is 12.9. The molecular formula is C59H76N2O3S6. The molecule has 0 aromatic carbocycles. The highest BCUT2D eigenvalue weighted by atomic mass is 32.1. The van der Waals surface area contributed by atoms with Crippen molar-refractivity contribution < 1.29 is 14.4 Å². The van der Waals surface area contributed by atoms with Crippen molar-refractivity contribution in [2.24, 2.45) is 0 Å². The second-order valence-corrected chi connectivity index (χ2v) is 25.4. The predicted octanol–water partition coefficient (Wildman–Crippen LogP) is 19.8. The van der Waals surface area contributed by atoms with Crippen LogP contribution in [0, 0.1) is 0 Å². The van der Waals surface area contributed by atoms with E-state index in [1.807, 2.05) is 56.7 Å². The lowest BCUT2D eigenvalue weighted by Gasteiger charge is -2.13. The number of amides is 4.